The normalized spacial score (nSPS) is 8.14. The third kappa shape index (κ3) is 11.2. The zero-order valence-corrected chi connectivity index (χ0v) is 23.6. The van der Waals surface area contributed by atoms with Crippen LogP contribution in [0.15, 0.2) is 77.8 Å². The summed E-state index contributed by atoms with van der Waals surface area (Å²) in [7, 11) is 0. The molecule has 0 unspecified atom stereocenters. The summed E-state index contributed by atoms with van der Waals surface area (Å²) in [6.45, 7) is 19.7. The van der Waals surface area contributed by atoms with Gasteiger partial charge in [0, 0.05) is 0 Å². The predicted octanol–water partition coefficient (Wildman–Crippen LogP) is 10.1. The van der Waals surface area contributed by atoms with Gasteiger partial charge >= 0.3 is 0 Å². The minimum Gasteiger partial charge on any atom is -0.263 e. The summed E-state index contributed by atoms with van der Waals surface area (Å²) in [6, 6.07) is 28.9. The average Bonchev–Trinajstić information content (AvgIpc) is 2.99. The molecular weight excluding hydrogens is 452 g/mol. The summed E-state index contributed by atoms with van der Waals surface area (Å²) in [5.74, 6) is 0. The monoisotopic (exact) mass is 492 g/mol. The Balaban J connectivity index is 0. The third-order valence-corrected chi connectivity index (χ3v) is 4.28. The van der Waals surface area contributed by atoms with E-state index in [0.717, 1.165) is 21.5 Å². The molecule has 0 amide bonds. The molecule has 0 atom stereocenters. The lowest BCUT2D eigenvalue weighted by atomic mass is 10.0. The standard InChI is InChI=1S/C12H8N2.C12H6N2.C3H8.3C2H6/c1-14-12-7-10-5-3-2-4-9(10)6-11(12)8-13;13-7-11-5-9-3-1-2-4-10(9)6-12(11)8-14;1-3-2;3*1-2/h2-7H,1H2;1-6H;3H2,1-2H3;3*1-2H3. The number of hydrogen-bond acceptors (Lipinski definition) is 4. The highest BCUT2D eigenvalue weighted by atomic mass is 14.7. The second kappa shape index (κ2) is 22.0. The van der Waals surface area contributed by atoms with E-state index in [0.29, 0.717) is 22.4 Å². The van der Waals surface area contributed by atoms with Crippen molar-refractivity contribution in [1.82, 2.24) is 0 Å². The maximum absolute atomic E-state index is 8.87. The van der Waals surface area contributed by atoms with Gasteiger partial charge in [-0.25, -0.2) is 0 Å². The van der Waals surface area contributed by atoms with E-state index in [-0.39, 0.29) is 0 Å². The highest BCUT2D eigenvalue weighted by Gasteiger charge is 2.03. The van der Waals surface area contributed by atoms with Gasteiger partial charge in [-0.1, -0.05) is 110 Å². The van der Waals surface area contributed by atoms with E-state index >= 15 is 0 Å². The van der Waals surface area contributed by atoms with Gasteiger partial charge in [-0.05, 0) is 52.5 Å². The van der Waals surface area contributed by atoms with Crippen LogP contribution in [0.1, 0.15) is 78.5 Å². The van der Waals surface area contributed by atoms with Crippen LogP contribution in [-0.4, -0.2) is 6.72 Å². The van der Waals surface area contributed by atoms with Crippen molar-refractivity contribution < 1.29 is 0 Å². The molecule has 0 N–H and O–H groups in total. The lowest BCUT2D eigenvalue weighted by Gasteiger charge is -2.00. The first kappa shape index (κ1) is 34.7. The van der Waals surface area contributed by atoms with Crippen molar-refractivity contribution in [2.45, 2.75) is 61.8 Å². The van der Waals surface area contributed by atoms with Gasteiger partial charge in [-0.15, -0.1) is 0 Å². The Kier molecular flexibility index (Phi) is 20.7. The number of nitrogens with zero attached hydrogens (tertiary/aromatic N) is 4. The predicted molar refractivity (Wildman–Crippen MR) is 161 cm³/mol. The smallest absolute Gasteiger partial charge is 0.101 e. The topological polar surface area (TPSA) is 83.7 Å². The fourth-order valence-corrected chi connectivity index (χ4v) is 2.87. The molecule has 4 aromatic carbocycles. The Morgan fingerprint density at radius 3 is 1.11 bits per heavy atom. The lowest BCUT2D eigenvalue weighted by molar-refractivity contribution is 1.09. The molecule has 0 fully saturated rings. The van der Waals surface area contributed by atoms with Gasteiger partial charge in [0.1, 0.15) is 18.2 Å². The molecule has 37 heavy (non-hydrogen) atoms. The number of fused-ring (bicyclic) bond motifs is 2. The molecule has 192 valence electrons. The van der Waals surface area contributed by atoms with Crippen LogP contribution in [0.4, 0.5) is 5.69 Å². The fraction of sp³-hybridized carbons (Fsp3) is 0.273. The SMILES string of the molecule is C=Nc1cc2ccccc2cc1C#N.CC.CC.CC.CCC.N#Cc1cc2ccccc2cc1C#N. The Bertz CT molecular complexity index is 1280. The quantitative estimate of drug-likeness (QED) is 0.248. The molecule has 0 aliphatic rings. The summed E-state index contributed by atoms with van der Waals surface area (Å²) >= 11 is 0. The fourth-order valence-electron chi connectivity index (χ4n) is 2.87. The van der Waals surface area contributed by atoms with Crippen molar-refractivity contribution in [2.24, 2.45) is 4.99 Å². The Hall–Kier alpha value is -4.46. The van der Waals surface area contributed by atoms with Crippen LogP contribution in [0.2, 0.25) is 0 Å². The van der Waals surface area contributed by atoms with Gasteiger partial charge in [0.05, 0.1) is 22.4 Å². The summed E-state index contributed by atoms with van der Waals surface area (Å²) in [5, 5.41) is 30.6. The molecule has 0 aromatic heterocycles. The highest BCUT2D eigenvalue weighted by Crippen LogP contribution is 2.25. The van der Waals surface area contributed by atoms with Crippen molar-refractivity contribution >= 4 is 33.9 Å². The maximum atomic E-state index is 8.87. The number of hydrogen-bond donors (Lipinski definition) is 0. The van der Waals surface area contributed by atoms with Gasteiger partial charge in [0.2, 0.25) is 0 Å². The van der Waals surface area contributed by atoms with E-state index in [1.165, 1.54) is 6.42 Å². The molecule has 4 heteroatoms. The Morgan fingerprint density at radius 1 is 0.568 bits per heavy atom. The van der Waals surface area contributed by atoms with Crippen LogP contribution in [0, 0.1) is 34.0 Å². The summed E-state index contributed by atoms with van der Waals surface area (Å²) < 4.78 is 0. The first-order valence-corrected chi connectivity index (χ1v) is 12.8. The zero-order chi connectivity index (χ0) is 28.6. The molecule has 0 radical (unpaired) electrons. The van der Waals surface area contributed by atoms with Crippen LogP contribution in [0.5, 0.6) is 0 Å². The minimum atomic E-state index is 0.436. The summed E-state index contributed by atoms with van der Waals surface area (Å²) in [5.41, 5.74) is 2.09. The lowest BCUT2D eigenvalue weighted by Crippen LogP contribution is -1.83. The molecule has 4 aromatic rings. The van der Waals surface area contributed by atoms with Crippen LogP contribution in [0.25, 0.3) is 21.5 Å². The molecule has 0 aliphatic heterocycles. The Labute approximate surface area is 224 Å². The van der Waals surface area contributed by atoms with Crippen molar-refractivity contribution in [3.8, 4) is 18.2 Å². The van der Waals surface area contributed by atoms with Crippen molar-refractivity contribution in [3.05, 3.63) is 89.5 Å². The first-order chi connectivity index (χ1) is 18.1. The highest BCUT2D eigenvalue weighted by molar-refractivity contribution is 5.88. The molecule has 0 aliphatic carbocycles. The molecule has 4 nitrogen and oxygen atoms in total. The third-order valence-electron chi connectivity index (χ3n) is 4.28. The number of aliphatic imine (C=N–C) groups is 1. The van der Waals surface area contributed by atoms with E-state index < -0.39 is 0 Å². The molecule has 0 saturated heterocycles. The first-order valence-electron chi connectivity index (χ1n) is 12.8. The average molecular weight is 493 g/mol. The summed E-state index contributed by atoms with van der Waals surface area (Å²) in [4.78, 5) is 3.82. The summed E-state index contributed by atoms with van der Waals surface area (Å²) in [6.07, 6.45) is 1.25. The zero-order valence-electron chi connectivity index (χ0n) is 23.6. The van der Waals surface area contributed by atoms with E-state index in [1.807, 2.05) is 114 Å². The largest absolute Gasteiger partial charge is 0.263 e. The van der Waals surface area contributed by atoms with Gasteiger partial charge in [-0.2, -0.15) is 15.8 Å². The van der Waals surface area contributed by atoms with Crippen LogP contribution >= 0.6 is 0 Å². The number of benzene rings is 4. The van der Waals surface area contributed by atoms with Gasteiger partial charge in [0.25, 0.3) is 0 Å². The molecular formula is C33H40N4. The van der Waals surface area contributed by atoms with Crippen LogP contribution < -0.4 is 0 Å². The maximum Gasteiger partial charge on any atom is 0.101 e. The molecule has 0 heterocycles. The van der Waals surface area contributed by atoms with Gasteiger partial charge in [0.15, 0.2) is 0 Å². The van der Waals surface area contributed by atoms with E-state index in [2.05, 4.69) is 31.6 Å². The Morgan fingerprint density at radius 2 is 0.838 bits per heavy atom. The van der Waals surface area contributed by atoms with Crippen molar-refractivity contribution in [3.63, 3.8) is 0 Å². The molecule has 0 bridgehead atoms. The van der Waals surface area contributed by atoms with Crippen molar-refractivity contribution in [1.29, 1.82) is 15.8 Å². The number of rotatable bonds is 1. The number of nitriles is 3. The second-order valence-electron chi connectivity index (χ2n) is 6.66. The van der Waals surface area contributed by atoms with Gasteiger partial charge < -0.3 is 0 Å². The van der Waals surface area contributed by atoms with Crippen molar-refractivity contribution in [2.75, 3.05) is 0 Å². The van der Waals surface area contributed by atoms with Crippen LogP contribution in [-0.2, 0) is 0 Å². The van der Waals surface area contributed by atoms with Gasteiger partial charge in [-0.3, -0.25) is 4.99 Å². The van der Waals surface area contributed by atoms with E-state index in [1.54, 1.807) is 12.1 Å². The van der Waals surface area contributed by atoms with E-state index in [9.17, 15) is 0 Å². The molecule has 0 saturated carbocycles. The molecule has 0 spiro atoms. The second-order valence-corrected chi connectivity index (χ2v) is 6.66. The molecule has 4 rings (SSSR count). The van der Waals surface area contributed by atoms with Crippen LogP contribution in [0.3, 0.4) is 0 Å². The minimum absolute atomic E-state index is 0.436. The van der Waals surface area contributed by atoms with E-state index in [4.69, 9.17) is 15.8 Å².